The third kappa shape index (κ3) is 2.86. The van der Waals surface area contributed by atoms with E-state index in [2.05, 4.69) is 15.9 Å². The number of carbonyl (C=O) groups is 1. The standard InChI is InChI=1S/C8H5BrCl2O2/c9-6-3-5(10)4-7(11)8(6)13-2-1-12/h1,3-4H,2H2. The molecule has 0 fully saturated rings. The van der Waals surface area contributed by atoms with Crippen molar-refractivity contribution in [1.82, 2.24) is 0 Å². The maximum absolute atomic E-state index is 10.1. The van der Waals surface area contributed by atoms with Crippen LogP contribution >= 0.6 is 39.1 Å². The Hall–Kier alpha value is -0.250. The molecule has 0 radical (unpaired) electrons. The van der Waals surface area contributed by atoms with E-state index in [1.807, 2.05) is 0 Å². The molecule has 0 aliphatic rings. The van der Waals surface area contributed by atoms with Crippen LogP contribution in [0.4, 0.5) is 0 Å². The molecule has 0 heterocycles. The van der Waals surface area contributed by atoms with Crippen molar-refractivity contribution in [2.75, 3.05) is 6.61 Å². The molecule has 1 rings (SSSR count). The lowest BCUT2D eigenvalue weighted by atomic mass is 10.3. The van der Waals surface area contributed by atoms with Crippen LogP contribution in [0.3, 0.4) is 0 Å². The number of rotatable bonds is 3. The van der Waals surface area contributed by atoms with Gasteiger partial charge in [-0.15, -0.1) is 0 Å². The maximum Gasteiger partial charge on any atom is 0.157 e. The Labute approximate surface area is 93.9 Å². The number of ether oxygens (including phenoxy) is 1. The van der Waals surface area contributed by atoms with Crippen molar-refractivity contribution in [2.24, 2.45) is 0 Å². The van der Waals surface area contributed by atoms with Gasteiger partial charge in [0.05, 0.1) is 9.50 Å². The number of aldehydes is 1. The van der Waals surface area contributed by atoms with E-state index in [9.17, 15) is 4.79 Å². The van der Waals surface area contributed by atoms with Crippen molar-refractivity contribution in [2.45, 2.75) is 0 Å². The largest absolute Gasteiger partial charge is 0.483 e. The lowest BCUT2D eigenvalue weighted by molar-refractivity contribution is -0.109. The Morgan fingerprint density at radius 2 is 2.15 bits per heavy atom. The third-order valence-corrected chi connectivity index (χ3v) is 2.35. The van der Waals surface area contributed by atoms with E-state index in [1.165, 1.54) is 0 Å². The van der Waals surface area contributed by atoms with Gasteiger partial charge < -0.3 is 4.74 Å². The van der Waals surface area contributed by atoms with Crippen LogP contribution in [-0.4, -0.2) is 12.9 Å². The lowest BCUT2D eigenvalue weighted by Crippen LogP contribution is -1.98. The summed E-state index contributed by atoms with van der Waals surface area (Å²) in [5, 5.41) is 0.886. The Kier molecular flexibility index (Phi) is 4.03. The highest BCUT2D eigenvalue weighted by atomic mass is 79.9. The zero-order valence-electron chi connectivity index (χ0n) is 6.39. The van der Waals surface area contributed by atoms with E-state index in [0.717, 1.165) is 0 Å². The second-order valence-electron chi connectivity index (χ2n) is 2.18. The van der Waals surface area contributed by atoms with Crippen LogP contribution in [0.25, 0.3) is 0 Å². The molecule has 0 N–H and O–H groups in total. The molecule has 1 aromatic carbocycles. The molecule has 0 saturated heterocycles. The number of hydrogen-bond acceptors (Lipinski definition) is 2. The SMILES string of the molecule is O=CCOc1c(Cl)cc(Cl)cc1Br. The van der Waals surface area contributed by atoms with Crippen molar-refractivity contribution >= 4 is 45.4 Å². The van der Waals surface area contributed by atoms with E-state index in [4.69, 9.17) is 27.9 Å². The van der Waals surface area contributed by atoms with Crippen LogP contribution < -0.4 is 4.74 Å². The summed E-state index contributed by atoms with van der Waals surface area (Å²) in [5.74, 6) is 0.429. The predicted octanol–water partition coefficient (Wildman–Crippen LogP) is 3.33. The first-order chi connectivity index (χ1) is 6.15. The fourth-order valence-electron chi connectivity index (χ4n) is 0.784. The molecule has 0 atom stereocenters. The molecule has 70 valence electrons. The molecule has 0 amide bonds. The highest BCUT2D eigenvalue weighted by Crippen LogP contribution is 2.35. The van der Waals surface area contributed by atoms with Crippen LogP contribution in [0.5, 0.6) is 5.75 Å². The molecule has 5 heteroatoms. The quantitative estimate of drug-likeness (QED) is 0.796. The van der Waals surface area contributed by atoms with E-state index >= 15 is 0 Å². The van der Waals surface area contributed by atoms with Gasteiger partial charge in [0.1, 0.15) is 6.61 Å². The number of carbonyl (C=O) groups excluding carboxylic acids is 1. The van der Waals surface area contributed by atoms with Gasteiger partial charge in [-0.05, 0) is 28.1 Å². The molecule has 1 aromatic rings. The molecular weight excluding hydrogens is 279 g/mol. The highest BCUT2D eigenvalue weighted by molar-refractivity contribution is 9.10. The Morgan fingerprint density at radius 3 is 2.69 bits per heavy atom. The van der Waals surface area contributed by atoms with E-state index < -0.39 is 0 Å². The van der Waals surface area contributed by atoms with Crippen molar-refractivity contribution in [3.8, 4) is 5.75 Å². The Morgan fingerprint density at radius 1 is 1.46 bits per heavy atom. The van der Waals surface area contributed by atoms with Gasteiger partial charge in [0.25, 0.3) is 0 Å². The molecule has 0 saturated carbocycles. The zero-order valence-corrected chi connectivity index (χ0v) is 9.49. The van der Waals surface area contributed by atoms with E-state index in [-0.39, 0.29) is 6.61 Å². The third-order valence-electron chi connectivity index (χ3n) is 1.26. The van der Waals surface area contributed by atoms with Gasteiger partial charge in [0, 0.05) is 5.02 Å². The number of benzene rings is 1. The molecule has 0 unspecified atom stereocenters. The lowest BCUT2D eigenvalue weighted by Gasteiger charge is -2.07. The van der Waals surface area contributed by atoms with Crippen LogP contribution in [0.15, 0.2) is 16.6 Å². The minimum atomic E-state index is -0.0278. The van der Waals surface area contributed by atoms with Gasteiger partial charge >= 0.3 is 0 Å². The van der Waals surface area contributed by atoms with Gasteiger partial charge in [-0.1, -0.05) is 23.2 Å². The summed E-state index contributed by atoms with van der Waals surface area (Å²) in [6, 6.07) is 3.20. The normalized spacial score (nSPS) is 9.77. The average molecular weight is 284 g/mol. The molecule has 0 spiro atoms. The van der Waals surface area contributed by atoms with Gasteiger partial charge in [-0.25, -0.2) is 0 Å². The van der Waals surface area contributed by atoms with Crippen LogP contribution in [-0.2, 0) is 4.79 Å². The van der Waals surface area contributed by atoms with Crippen molar-refractivity contribution in [1.29, 1.82) is 0 Å². The molecule has 0 aliphatic carbocycles. The average Bonchev–Trinajstić information content (AvgIpc) is 2.02. The highest BCUT2D eigenvalue weighted by Gasteiger charge is 2.07. The fourth-order valence-corrected chi connectivity index (χ4v) is 2.15. The summed E-state index contributed by atoms with van der Waals surface area (Å²) in [6.45, 7) is -0.0278. The first kappa shape index (κ1) is 10.8. The summed E-state index contributed by atoms with van der Waals surface area (Å²) < 4.78 is 5.70. The summed E-state index contributed by atoms with van der Waals surface area (Å²) in [7, 11) is 0. The maximum atomic E-state index is 10.1. The van der Waals surface area contributed by atoms with Crippen LogP contribution in [0.2, 0.25) is 10.0 Å². The first-order valence-electron chi connectivity index (χ1n) is 3.36. The molecule has 0 bridgehead atoms. The van der Waals surface area contributed by atoms with Crippen molar-refractivity contribution in [3.05, 3.63) is 26.7 Å². The van der Waals surface area contributed by atoms with E-state index in [1.54, 1.807) is 12.1 Å². The monoisotopic (exact) mass is 282 g/mol. The molecule has 13 heavy (non-hydrogen) atoms. The van der Waals surface area contributed by atoms with Crippen molar-refractivity contribution < 1.29 is 9.53 Å². The summed E-state index contributed by atoms with van der Waals surface area (Å²) in [4.78, 5) is 10.1. The minimum Gasteiger partial charge on any atom is -0.483 e. The summed E-state index contributed by atoms with van der Waals surface area (Å²) in [6.07, 6.45) is 0.650. The number of hydrogen-bond donors (Lipinski definition) is 0. The molecule has 0 aliphatic heterocycles. The predicted molar refractivity (Wildman–Crippen MR) is 55.7 cm³/mol. The summed E-state index contributed by atoms with van der Waals surface area (Å²) in [5.41, 5.74) is 0. The topological polar surface area (TPSA) is 26.3 Å². The smallest absolute Gasteiger partial charge is 0.157 e. The van der Waals surface area contributed by atoms with Gasteiger partial charge in [-0.3, -0.25) is 4.79 Å². The second-order valence-corrected chi connectivity index (χ2v) is 3.87. The van der Waals surface area contributed by atoms with Gasteiger partial charge in [0.2, 0.25) is 0 Å². The van der Waals surface area contributed by atoms with Crippen LogP contribution in [0, 0.1) is 0 Å². The Balaban J connectivity index is 2.98. The van der Waals surface area contributed by atoms with Crippen LogP contribution in [0.1, 0.15) is 0 Å². The Bertz CT molecular complexity index is 305. The molecule has 0 aromatic heterocycles. The van der Waals surface area contributed by atoms with Gasteiger partial charge in [0.15, 0.2) is 12.0 Å². The molecular formula is C8H5BrCl2O2. The van der Waals surface area contributed by atoms with Gasteiger partial charge in [-0.2, -0.15) is 0 Å². The second kappa shape index (κ2) is 4.84. The van der Waals surface area contributed by atoms with Crippen molar-refractivity contribution in [3.63, 3.8) is 0 Å². The number of halogens is 3. The first-order valence-corrected chi connectivity index (χ1v) is 4.91. The summed E-state index contributed by atoms with van der Waals surface area (Å²) >= 11 is 14.8. The molecule has 2 nitrogen and oxygen atoms in total. The zero-order chi connectivity index (χ0) is 9.84. The van der Waals surface area contributed by atoms with E-state index in [0.29, 0.717) is 26.6 Å². The minimum absolute atomic E-state index is 0.0278. The fraction of sp³-hybridized carbons (Fsp3) is 0.125.